The zero-order valence-electron chi connectivity index (χ0n) is 47.6. The van der Waals surface area contributed by atoms with Gasteiger partial charge in [-0.15, -0.1) is 0 Å². The van der Waals surface area contributed by atoms with Gasteiger partial charge in [-0.3, -0.25) is 57.5 Å². The van der Waals surface area contributed by atoms with Gasteiger partial charge in [-0.05, 0) is 93.3 Å². The fraction of sp³-hybridized carbons (Fsp3) is 0.611. The first kappa shape index (κ1) is 67.7. The van der Waals surface area contributed by atoms with Gasteiger partial charge in [-0.1, -0.05) is 45.9 Å². The molecule has 12 amide bonds. The Hall–Kier alpha value is -7.82. The Bertz CT molecular complexity index is 2690. The van der Waals surface area contributed by atoms with Crippen molar-refractivity contribution in [2.45, 2.75) is 166 Å². The van der Waals surface area contributed by atoms with Crippen LogP contribution in [0.4, 0.5) is 0 Å². The number of H-pyrrole nitrogens is 1. The minimum Gasteiger partial charge on any atom is -0.480 e. The van der Waals surface area contributed by atoms with E-state index in [1.165, 1.54) is 21.6 Å². The van der Waals surface area contributed by atoms with Crippen molar-refractivity contribution in [3.8, 4) is 0 Å². The van der Waals surface area contributed by atoms with Gasteiger partial charge in [-0.2, -0.15) is 11.8 Å². The Labute approximate surface area is 485 Å². The zero-order valence-corrected chi connectivity index (χ0v) is 48.4. The van der Waals surface area contributed by atoms with E-state index >= 15 is 0 Å². The molecule has 2 fully saturated rings. The largest absolute Gasteiger partial charge is 0.480 e. The van der Waals surface area contributed by atoms with Gasteiger partial charge in [0.1, 0.15) is 48.3 Å². The number of aromatic amines is 1. The van der Waals surface area contributed by atoms with E-state index in [9.17, 15) is 67.4 Å². The van der Waals surface area contributed by atoms with Gasteiger partial charge in [0.15, 0.2) is 0 Å². The normalized spacial score (nSPS) is 17.5. The van der Waals surface area contributed by atoms with E-state index in [1.807, 2.05) is 0 Å². The van der Waals surface area contributed by atoms with Crippen molar-refractivity contribution >= 4 is 99.5 Å². The Kier molecular flexibility index (Phi) is 26.7. The van der Waals surface area contributed by atoms with Crippen LogP contribution in [0.1, 0.15) is 110 Å². The third kappa shape index (κ3) is 20.8. The molecule has 0 aliphatic carbocycles. The summed E-state index contributed by atoms with van der Waals surface area (Å²) in [6, 6.07) is -4.52. The molecular formula is C54H82N14O14S. The summed E-state index contributed by atoms with van der Waals surface area (Å²) in [4.78, 5) is 179. The third-order valence-corrected chi connectivity index (χ3v) is 15.0. The highest BCUT2D eigenvalue weighted by molar-refractivity contribution is 7.98. The van der Waals surface area contributed by atoms with Crippen LogP contribution in [0.2, 0.25) is 0 Å². The average Bonchev–Trinajstić information content (AvgIpc) is 4.00. The topological polar surface area (TPSA) is 453 Å². The van der Waals surface area contributed by atoms with E-state index in [1.54, 1.807) is 64.4 Å². The van der Waals surface area contributed by atoms with Crippen LogP contribution in [-0.4, -0.2) is 183 Å². The number of nitrogens with two attached hydrogens (primary N) is 4. The number of nitrogens with one attached hydrogen (secondary N) is 8. The molecule has 3 heterocycles. The van der Waals surface area contributed by atoms with Crippen LogP contribution in [0.5, 0.6) is 0 Å². The van der Waals surface area contributed by atoms with Crippen LogP contribution in [0, 0.1) is 11.8 Å². The number of para-hydroxylation sites is 1. The number of aromatic nitrogens is 1. The minimum atomic E-state index is -1.55. The molecule has 1 aromatic carbocycles. The Morgan fingerprint density at radius 2 is 1.14 bits per heavy atom. The highest BCUT2D eigenvalue weighted by Gasteiger charge is 2.43. The van der Waals surface area contributed by atoms with Crippen molar-refractivity contribution in [2.75, 3.05) is 31.6 Å². The Balaban J connectivity index is 1.57. The van der Waals surface area contributed by atoms with Gasteiger partial charge in [0.05, 0.1) is 12.6 Å². The summed E-state index contributed by atoms with van der Waals surface area (Å²) in [7, 11) is 0. The zero-order chi connectivity index (χ0) is 61.7. The maximum atomic E-state index is 14.6. The highest BCUT2D eigenvalue weighted by atomic mass is 32.2. The molecule has 83 heavy (non-hydrogen) atoms. The standard InChI is InChI=1S/C54H82N14O14S/c1-28(2)24-37(65-52(79)39-12-8-22-68(39)53(80)40-13-9-21-67(40)44(72)27-60-46(73)32(55)14-17-41(56)69)50(77)62-34(15-18-42(57)70)47(74)64-38(25-30-26-59-33-11-7-6-10-31(30)33)51(78)63-36(20-23-83-5)48(75)61-35(16-19-43(58)71)49(76)66-45(29(3)4)54(81)82/h6-7,10-11,26,28-29,32,34-40,45,59H,8-9,12-25,27,55H2,1-5H3,(H2,56,69)(H2,57,70)(H2,58,71)(H,60,73)(H,61,75)(H,62,77)(H,63,78)(H,64,74)(H,65,79)(H,66,76)(H,81,82)/t32-,34-,35-,36-,37-,38-,39-,40-,45-/m0/s1. The minimum absolute atomic E-state index is 0.00829. The summed E-state index contributed by atoms with van der Waals surface area (Å²) in [5.41, 5.74) is 23.1. The van der Waals surface area contributed by atoms with E-state index in [0.717, 1.165) is 0 Å². The van der Waals surface area contributed by atoms with Crippen LogP contribution in [-0.2, 0) is 68.7 Å². The second-order valence-electron chi connectivity index (χ2n) is 21.6. The quantitative estimate of drug-likeness (QED) is 0.0341. The summed E-state index contributed by atoms with van der Waals surface area (Å²) in [5.74, 6) is -11.0. The fourth-order valence-corrected chi connectivity index (χ4v) is 10.3. The van der Waals surface area contributed by atoms with Crippen molar-refractivity contribution in [1.29, 1.82) is 0 Å². The summed E-state index contributed by atoms with van der Waals surface area (Å²) >= 11 is 1.33. The molecule has 0 bridgehead atoms. The molecule has 0 spiro atoms. The van der Waals surface area contributed by atoms with Crippen LogP contribution in [0.15, 0.2) is 30.5 Å². The number of aliphatic carboxylic acids is 1. The lowest BCUT2D eigenvalue weighted by Crippen LogP contribution is -2.60. The van der Waals surface area contributed by atoms with Gasteiger partial charge in [-0.25, -0.2) is 4.79 Å². The number of thioether (sulfide) groups is 1. The molecule has 0 unspecified atom stereocenters. The molecule has 4 rings (SSSR count). The molecule has 2 aliphatic heterocycles. The fourth-order valence-electron chi connectivity index (χ4n) is 9.81. The smallest absolute Gasteiger partial charge is 0.326 e. The summed E-state index contributed by atoms with van der Waals surface area (Å²) in [5, 5.41) is 28.6. The monoisotopic (exact) mass is 1180 g/mol. The Morgan fingerprint density at radius 1 is 0.639 bits per heavy atom. The lowest BCUT2D eigenvalue weighted by molar-refractivity contribution is -0.147. The maximum Gasteiger partial charge on any atom is 0.326 e. The SMILES string of the molecule is CSCC[C@H](NC(=O)[C@H](Cc1c[nH]c2ccccc12)NC(=O)[C@H](CCC(N)=O)NC(=O)[C@H](CC(C)C)NC(=O)[C@@H]1CCCN1C(=O)[C@@H]1CCCN1C(=O)CNC(=O)[C@@H](N)CCC(N)=O)C(=O)N[C@@H](CCC(N)=O)C(=O)N[C@H](C(=O)O)C(C)C. The number of hydrogen-bond acceptors (Lipinski definition) is 15. The molecular weight excluding hydrogens is 1100 g/mol. The first-order valence-electron chi connectivity index (χ1n) is 27.8. The lowest BCUT2D eigenvalue weighted by atomic mass is 10.0. The van der Waals surface area contributed by atoms with Gasteiger partial charge < -0.3 is 80.0 Å². The number of amides is 12. The predicted octanol–water partition coefficient (Wildman–Crippen LogP) is -2.62. The number of likely N-dealkylation sites (tertiary alicyclic amines) is 2. The summed E-state index contributed by atoms with van der Waals surface area (Å²) in [6.45, 7) is 6.60. The second-order valence-corrected chi connectivity index (χ2v) is 22.6. The van der Waals surface area contributed by atoms with E-state index in [2.05, 4.69) is 42.2 Å². The second kappa shape index (κ2) is 32.7. The third-order valence-electron chi connectivity index (χ3n) is 14.3. The van der Waals surface area contributed by atoms with Crippen molar-refractivity contribution in [3.05, 3.63) is 36.0 Å². The number of primary amides is 3. The molecule has 0 saturated carbocycles. The molecule has 458 valence electrons. The molecule has 17 N–H and O–H groups in total. The molecule has 29 heteroatoms. The average molecular weight is 1180 g/mol. The molecule has 28 nitrogen and oxygen atoms in total. The number of carboxylic acid groups (broad SMARTS) is 1. The van der Waals surface area contributed by atoms with Crippen molar-refractivity contribution in [3.63, 3.8) is 0 Å². The maximum absolute atomic E-state index is 14.6. The van der Waals surface area contributed by atoms with Gasteiger partial charge in [0.2, 0.25) is 70.9 Å². The van der Waals surface area contributed by atoms with E-state index in [4.69, 9.17) is 22.9 Å². The first-order chi connectivity index (χ1) is 39.2. The van der Waals surface area contributed by atoms with Crippen molar-refractivity contribution in [1.82, 2.24) is 52.0 Å². The van der Waals surface area contributed by atoms with E-state index in [0.29, 0.717) is 35.1 Å². The summed E-state index contributed by atoms with van der Waals surface area (Å²) in [6.07, 6.45) is 2.98. The number of rotatable bonds is 34. The molecule has 1 aromatic heterocycles. The Morgan fingerprint density at radius 3 is 1.70 bits per heavy atom. The molecule has 2 saturated heterocycles. The molecule has 0 radical (unpaired) electrons. The number of carbonyl (C=O) groups excluding carboxylic acids is 12. The van der Waals surface area contributed by atoms with E-state index < -0.39 is 150 Å². The predicted molar refractivity (Wildman–Crippen MR) is 304 cm³/mol. The van der Waals surface area contributed by atoms with Crippen molar-refractivity contribution < 1.29 is 67.4 Å². The summed E-state index contributed by atoms with van der Waals surface area (Å²) < 4.78 is 0. The number of benzene rings is 1. The van der Waals surface area contributed by atoms with Crippen LogP contribution < -0.4 is 60.2 Å². The van der Waals surface area contributed by atoms with Crippen LogP contribution in [0.25, 0.3) is 10.9 Å². The number of fused-ring (bicyclic) bond motifs is 1. The van der Waals surface area contributed by atoms with Crippen LogP contribution in [0.3, 0.4) is 0 Å². The van der Waals surface area contributed by atoms with E-state index in [-0.39, 0.29) is 83.2 Å². The molecule has 2 aliphatic rings. The van der Waals surface area contributed by atoms with Crippen molar-refractivity contribution in [2.24, 2.45) is 34.8 Å². The van der Waals surface area contributed by atoms with Gasteiger partial charge >= 0.3 is 5.97 Å². The number of hydrogen-bond donors (Lipinski definition) is 13. The van der Waals surface area contributed by atoms with Gasteiger partial charge in [0.25, 0.3) is 0 Å². The number of nitrogens with zero attached hydrogens (tertiary/aromatic N) is 2. The number of carboxylic acids is 1. The lowest BCUT2D eigenvalue weighted by Gasteiger charge is -2.32. The molecule has 9 atom stereocenters. The van der Waals surface area contributed by atoms with Crippen LogP contribution >= 0.6 is 11.8 Å². The molecule has 2 aromatic rings. The first-order valence-corrected chi connectivity index (χ1v) is 29.2. The van der Waals surface area contributed by atoms with Gasteiger partial charge in [0, 0.05) is 55.9 Å². The number of carbonyl (C=O) groups is 13. The highest BCUT2D eigenvalue weighted by Crippen LogP contribution is 2.26.